The van der Waals surface area contributed by atoms with Crippen LogP contribution in [-0.2, 0) is 20.7 Å². The van der Waals surface area contributed by atoms with E-state index in [-0.39, 0.29) is 5.92 Å². The Labute approximate surface area is 170 Å². The van der Waals surface area contributed by atoms with E-state index >= 15 is 0 Å². The zero-order chi connectivity index (χ0) is 21.6. The third-order valence-corrected chi connectivity index (χ3v) is 3.70. The molecule has 1 aromatic rings. The zero-order valence-electron chi connectivity index (χ0n) is 18.1. The smallest absolute Gasteiger partial charge is 0.407 e. The molecule has 1 heterocycles. The van der Waals surface area contributed by atoms with E-state index in [0.717, 1.165) is 11.8 Å². The van der Waals surface area contributed by atoms with Crippen LogP contribution in [-0.4, -0.2) is 44.9 Å². The number of amides is 1. The van der Waals surface area contributed by atoms with Crippen molar-refractivity contribution in [2.45, 2.75) is 59.4 Å². The Morgan fingerprint density at radius 2 is 1.68 bits per heavy atom. The summed E-state index contributed by atoms with van der Waals surface area (Å²) < 4.78 is 4.32. The fourth-order valence-electron chi connectivity index (χ4n) is 2.06. The fraction of sp³-hybridized carbons (Fsp3) is 0.591. The molecule has 0 aromatic heterocycles. The van der Waals surface area contributed by atoms with E-state index in [1.54, 1.807) is 0 Å². The van der Waals surface area contributed by atoms with Crippen LogP contribution >= 0.6 is 0 Å². The van der Waals surface area contributed by atoms with Gasteiger partial charge >= 0.3 is 6.09 Å². The molecule has 1 saturated heterocycles. The topological polar surface area (TPSA) is 84.5 Å². The van der Waals surface area contributed by atoms with Crippen molar-refractivity contribution in [3.8, 4) is 0 Å². The van der Waals surface area contributed by atoms with Crippen molar-refractivity contribution in [3.05, 3.63) is 35.9 Å². The summed E-state index contributed by atoms with van der Waals surface area (Å²) in [5.74, 6) is 0.0894. The van der Waals surface area contributed by atoms with Gasteiger partial charge in [0.05, 0.1) is 13.2 Å². The molecule has 28 heavy (non-hydrogen) atoms. The second kappa shape index (κ2) is 21.1. The summed E-state index contributed by atoms with van der Waals surface area (Å²) in [7, 11) is 1.26. The lowest BCUT2D eigenvalue weighted by Crippen LogP contribution is -2.39. The van der Waals surface area contributed by atoms with Crippen molar-refractivity contribution in [1.29, 1.82) is 0 Å². The third kappa shape index (κ3) is 17.2. The van der Waals surface area contributed by atoms with Crippen LogP contribution in [0.4, 0.5) is 4.79 Å². The van der Waals surface area contributed by atoms with Gasteiger partial charge in [-0.2, -0.15) is 0 Å². The molecule has 1 aliphatic rings. The van der Waals surface area contributed by atoms with Crippen molar-refractivity contribution >= 4 is 18.7 Å². The van der Waals surface area contributed by atoms with Gasteiger partial charge in [-0.05, 0) is 37.4 Å². The highest BCUT2D eigenvalue weighted by Crippen LogP contribution is 1.98. The number of nitrogens with one attached hydrogen (secondary N) is 2. The summed E-state index contributed by atoms with van der Waals surface area (Å²) in [6.45, 7) is 10.2. The quantitative estimate of drug-likeness (QED) is 0.743. The highest BCUT2D eigenvalue weighted by Gasteiger charge is 2.14. The van der Waals surface area contributed by atoms with Gasteiger partial charge in [0.1, 0.15) is 12.6 Å². The molecular formula is C22H38N2O4. The monoisotopic (exact) mass is 394 g/mol. The number of carbonyl (C=O) groups is 3. The molecule has 2 rings (SSSR count). The van der Waals surface area contributed by atoms with Crippen LogP contribution in [0.2, 0.25) is 0 Å². The number of hydrogen-bond donors (Lipinski definition) is 2. The van der Waals surface area contributed by atoms with Crippen LogP contribution < -0.4 is 10.6 Å². The third-order valence-electron chi connectivity index (χ3n) is 3.70. The number of hydrogen-bond acceptors (Lipinski definition) is 5. The maximum absolute atomic E-state index is 10.6. The van der Waals surface area contributed by atoms with Gasteiger partial charge in [0, 0.05) is 6.42 Å². The molecule has 1 atom stereocenters. The normalized spacial score (nSPS) is 13.1. The molecule has 1 aliphatic heterocycles. The minimum atomic E-state index is -0.573. The molecule has 0 aliphatic carbocycles. The Kier molecular flexibility index (Phi) is 21.1. The van der Waals surface area contributed by atoms with Crippen molar-refractivity contribution in [3.63, 3.8) is 0 Å². The highest BCUT2D eigenvalue weighted by molar-refractivity contribution is 5.73. The molecule has 0 spiro atoms. The van der Waals surface area contributed by atoms with Gasteiger partial charge in [0.25, 0.3) is 0 Å². The minimum Gasteiger partial charge on any atom is -0.453 e. The van der Waals surface area contributed by atoms with Gasteiger partial charge in [-0.15, -0.1) is 0 Å². The average Bonchev–Trinajstić information content (AvgIpc) is 2.76. The Balaban J connectivity index is 0. The number of piperidine rings is 1. The molecule has 1 amide bonds. The van der Waals surface area contributed by atoms with E-state index in [9.17, 15) is 14.4 Å². The lowest BCUT2D eigenvalue weighted by molar-refractivity contribution is -0.110. The number of benzene rings is 1. The van der Waals surface area contributed by atoms with Gasteiger partial charge in [-0.25, -0.2) is 4.79 Å². The van der Waals surface area contributed by atoms with Crippen LogP contribution in [0.1, 0.15) is 52.5 Å². The largest absolute Gasteiger partial charge is 0.453 e. The van der Waals surface area contributed by atoms with E-state index in [1.165, 1.54) is 39.5 Å². The van der Waals surface area contributed by atoms with Crippen LogP contribution in [0.3, 0.4) is 0 Å². The molecule has 2 N–H and O–H groups in total. The van der Waals surface area contributed by atoms with Crippen LogP contribution in [0.25, 0.3) is 0 Å². The molecular weight excluding hydrogens is 356 g/mol. The van der Waals surface area contributed by atoms with E-state index in [4.69, 9.17) is 0 Å². The van der Waals surface area contributed by atoms with Gasteiger partial charge in [-0.1, -0.05) is 64.4 Å². The molecule has 0 radical (unpaired) electrons. The van der Waals surface area contributed by atoms with Gasteiger partial charge < -0.3 is 25.0 Å². The number of carbonyl (C=O) groups excluding carboxylic acids is 3. The van der Waals surface area contributed by atoms with Gasteiger partial charge in [0.15, 0.2) is 0 Å². The number of aldehydes is 2. The van der Waals surface area contributed by atoms with E-state index in [1.807, 2.05) is 58.0 Å². The minimum absolute atomic E-state index is 0.0894. The first-order chi connectivity index (χ1) is 13.5. The number of methoxy groups -OCH3 is 1. The first-order valence-corrected chi connectivity index (χ1v) is 10.0. The van der Waals surface area contributed by atoms with Crippen LogP contribution in [0, 0.1) is 5.92 Å². The lowest BCUT2D eigenvalue weighted by Gasteiger charge is -2.14. The summed E-state index contributed by atoms with van der Waals surface area (Å²) in [5, 5.41) is 5.67. The molecule has 1 unspecified atom stereocenters. The molecule has 6 nitrogen and oxygen atoms in total. The van der Waals surface area contributed by atoms with E-state index < -0.39 is 12.1 Å². The Hall–Kier alpha value is -2.21. The number of rotatable bonds is 5. The van der Waals surface area contributed by atoms with Gasteiger partial charge in [0.2, 0.25) is 0 Å². The SMILES string of the molecule is C1CCNCC1.CC.COC(=O)NC(C=O)C(C)C.O=CCc1ccccc1. The predicted molar refractivity (Wildman–Crippen MR) is 115 cm³/mol. The first-order valence-electron chi connectivity index (χ1n) is 10.0. The second-order valence-corrected chi connectivity index (χ2v) is 6.21. The maximum Gasteiger partial charge on any atom is 0.407 e. The predicted octanol–water partition coefficient (Wildman–Crippen LogP) is 3.78. The highest BCUT2D eigenvalue weighted by atomic mass is 16.5. The van der Waals surface area contributed by atoms with Crippen molar-refractivity contribution in [1.82, 2.24) is 10.6 Å². The second-order valence-electron chi connectivity index (χ2n) is 6.21. The fourth-order valence-corrected chi connectivity index (χ4v) is 2.06. The van der Waals surface area contributed by atoms with Crippen molar-refractivity contribution in [2.24, 2.45) is 5.92 Å². The van der Waals surface area contributed by atoms with Crippen LogP contribution in [0.15, 0.2) is 30.3 Å². The lowest BCUT2D eigenvalue weighted by atomic mass is 10.1. The van der Waals surface area contributed by atoms with Gasteiger partial charge in [-0.3, -0.25) is 0 Å². The first kappa shape index (κ1) is 28.0. The van der Waals surface area contributed by atoms with Crippen molar-refractivity contribution in [2.75, 3.05) is 20.2 Å². The van der Waals surface area contributed by atoms with Crippen molar-refractivity contribution < 1.29 is 19.1 Å². The maximum atomic E-state index is 10.6. The molecule has 0 bridgehead atoms. The van der Waals surface area contributed by atoms with E-state index in [2.05, 4.69) is 15.4 Å². The summed E-state index contributed by atoms with van der Waals surface area (Å²) in [5.41, 5.74) is 1.08. The summed E-state index contributed by atoms with van der Waals surface area (Å²) in [6, 6.07) is 9.22. The molecule has 6 heteroatoms. The molecule has 1 fully saturated rings. The summed E-state index contributed by atoms with van der Waals surface area (Å²) >= 11 is 0. The summed E-state index contributed by atoms with van der Waals surface area (Å²) in [6.07, 6.45) is 5.78. The number of ether oxygens (including phenoxy) is 1. The zero-order valence-corrected chi connectivity index (χ0v) is 18.1. The average molecular weight is 395 g/mol. The Morgan fingerprint density at radius 3 is 2.00 bits per heavy atom. The van der Waals surface area contributed by atoms with E-state index in [0.29, 0.717) is 12.7 Å². The molecule has 160 valence electrons. The standard InChI is InChI=1S/C8H8O.C7H13NO3.C5H11N.C2H6/c9-7-6-8-4-2-1-3-5-8;1-5(2)6(4-9)8-7(10)11-3;1-2-4-6-5-3-1;1-2/h1-5,7H,6H2;4-6H,1-3H3,(H,8,10);6H,1-5H2;1-2H3. The summed E-state index contributed by atoms with van der Waals surface area (Å²) in [4.78, 5) is 30.9. The van der Waals surface area contributed by atoms with Crippen LogP contribution in [0.5, 0.6) is 0 Å². The Morgan fingerprint density at radius 1 is 1.11 bits per heavy atom. The Bertz CT molecular complexity index is 477. The molecule has 1 aromatic carbocycles. The molecule has 0 saturated carbocycles. The number of alkyl carbamates (subject to hydrolysis) is 1.